The van der Waals surface area contributed by atoms with E-state index in [0.29, 0.717) is 11.7 Å². The zero-order chi connectivity index (χ0) is 21.1. The number of amides is 1. The van der Waals surface area contributed by atoms with Crippen LogP contribution in [-0.2, 0) is 0 Å². The monoisotopic (exact) mass is 412 g/mol. The Morgan fingerprint density at radius 3 is 2.59 bits per heavy atom. The third-order valence-corrected chi connectivity index (χ3v) is 5.83. The number of hydrogen-bond donors (Lipinski definition) is 0. The molecule has 0 fully saturated rings. The fourth-order valence-electron chi connectivity index (χ4n) is 3.27. The SMILES string of the molecule is Cc1cc(C)c2sc(N(CCCN(C)C)C(=O)c3ccccc3[N+](=O)[O-])nc2c1. The molecule has 0 saturated heterocycles. The normalized spacial score (nSPS) is 11.2. The van der Waals surface area contributed by atoms with Crippen LogP contribution in [0.1, 0.15) is 27.9 Å². The van der Waals surface area contributed by atoms with Gasteiger partial charge in [-0.05, 0) is 64.2 Å². The van der Waals surface area contributed by atoms with Crippen molar-refractivity contribution in [2.75, 3.05) is 32.1 Å². The lowest BCUT2D eigenvalue weighted by Gasteiger charge is -2.21. The molecule has 0 aliphatic heterocycles. The predicted molar refractivity (Wildman–Crippen MR) is 117 cm³/mol. The maximum atomic E-state index is 13.3. The number of thiazole rings is 1. The maximum absolute atomic E-state index is 13.3. The topological polar surface area (TPSA) is 79.6 Å². The van der Waals surface area contributed by atoms with Gasteiger partial charge in [0, 0.05) is 12.6 Å². The van der Waals surface area contributed by atoms with E-state index >= 15 is 0 Å². The molecule has 1 amide bonds. The zero-order valence-corrected chi connectivity index (χ0v) is 17.8. The summed E-state index contributed by atoms with van der Waals surface area (Å²) in [5.41, 5.74) is 2.94. The van der Waals surface area contributed by atoms with Crippen LogP contribution in [0.2, 0.25) is 0 Å². The first kappa shape index (κ1) is 20.9. The number of carbonyl (C=O) groups excluding carboxylic acids is 1. The second kappa shape index (κ2) is 8.67. The van der Waals surface area contributed by atoms with Gasteiger partial charge in [0.2, 0.25) is 0 Å². The van der Waals surface area contributed by atoms with Gasteiger partial charge in [-0.1, -0.05) is 29.5 Å². The molecule has 0 aliphatic rings. The standard InChI is InChI=1S/C21H24N4O3S/c1-14-12-15(2)19-17(13-14)22-21(29-19)24(11-7-10-23(3)4)20(26)16-8-5-6-9-18(16)25(27)28/h5-6,8-9,12-13H,7,10-11H2,1-4H3. The number of nitrogens with zero attached hydrogens (tertiary/aromatic N) is 4. The maximum Gasteiger partial charge on any atom is 0.282 e. The number of rotatable bonds is 7. The number of benzene rings is 2. The van der Waals surface area contributed by atoms with Crippen LogP contribution in [0, 0.1) is 24.0 Å². The quantitative estimate of drug-likeness (QED) is 0.424. The summed E-state index contributed by atoms with van der Waals surface area (Å²) in [5, 5.41) is 12.0. The molecule has 1 aromatic heterocycles. The van der Waals surface area contributed by atoms with Crippen molar-refractivity contribution >= 4 is 38.3 Å². The highest BCUT2D eigenvalue weighted by Gasteiger charge is 2.27. The molecule has 3 rings (SSSR count). The molecule has 3 aromatic rings. The average Bonchev–Trinajstić information content (AvgIpc) is 3.08. The van der Waals surface area contributed by atoms with E-state index in [2.05, 4.69) is 6.07 Å². The smallest absolute Gasteiger partial charge is 0.282 e. The van der Waals surface area contributed by atoms with Crippen molar-refractivity contribution in [3.63, 3.8) is 0 Å². The molecule has 0 bridgehead atoms. The van der Waals surface area contributed by atoms with Crippen molar-refractivity contribution in [1.82, 2.24) is 9.88 Å². The van der Waals surface area contributed by atoms with Crippen LogP contribution >= 0.6 is 11.3 Å². The van der Waals surface area contributed by atoms with E-state index in [-0.39, 0.29) is 11.3 Å². The van der Waals surface area contributed by atoms with Gasteiger partial charge in [0.15, 0.2) is 5.13 Å². The molecule has 2 aromatic carbocycles. The summed E-state index contributed by atoms with van der Waals surface area (Å²) < 4.78 is 1.03. The van der Waals surface area contributed by atoms with Crippen molar-refractivity contribution in [3.8, 4) is 0 Å². The van der Waals surface area contributed by atoms with Gasteiger partial charge in [0.1, 0.15) is 5.56 Å². The van der Waals surface area contributed by atoms with Crippen LogP contribution in [0.3, 0.4) is 0 Å². The number of nitro groups is 1. The van der Waals surface area contributed by atoms with E-state index in [1.54, 1.807) is 17.0 Å². The number of anilines is 1. The second-order valence-electron chi connectivity index (χ2n) is 7.31. The van der Waals surface area contributed by atoms with Gasteiger partial charge in [-0.25, -0.2) is 4.98 Å². The Labute approximate surface area is 173 Å². The number of aromatic nitrogens is 1. The zero-order valence-electron chi connectivity index (χ0n) is 17.0. The molecule has 8 heteroatoms. The van der Waals surface area contributed by atoms with E-state index < -0.39 is 10.8 Å². The largest absolute Gasteiger partial charge is 0.309 e. The summed E-state index contributed by atoms with van der Waals surface area (Å²) in [5.74, 6) is -0.399. The van der Waals surface area contributed by atoms with E-state index in [4.69, 9.17) is 4.98 Å². The minimum absolute atomic E-state index is 0.0783. The summed E-state index contributed by atoms with van der Waals surface area (Å²) in [7, 11) is 3.94. The van der Waals surface area contributed by atoms with Crippen LogP contribution in [-0.4, -0.2) is 47.9 Å². The first-order valence-corrected chi connectivity index (χ1v) is 10.2. The number of hydrogen-bond acceptors (Lipinski definition) is 6. The Balaban J connectivity index is 2.04. The first-order valence-electron chi connectivity index (χ1n) is 9.35. The third kappa shape index (κ3) is 4.60. The Morgan fingerprint density at radius 1 is 1.17 bits per heavy atom. The molecule has 0 aliphatic carbocycles. The van der Waals surface area contributed by atoms with Crippen molar-refractivity contribution in [3.05, 3.63) is 63.2 Å². The molecule has 152 valence electrons. The summed E-state index contributed by atoms with van der Waals surface area (Å²) in [6.07, 6.45) is 0.729. The lowest BCUT2D eigenvalue weighted by molar-refractivity contribution is -0.385. The number of nitro benzene ring substituents is 1. The van der Waals surface area contributed by atoms with E-state index in [0.717, 1.165) is 34.3 Å². The van der Waals surface area contributed by atoms with Crippen molar-refractivity contribution in [1.29, 1.82) is 0 Å². The minimum Gasteiger partial charge on any atom is -0.309 e. The van der Waals surface area contributed by atoms with Crippen molar-refractivity contribution in [2.24, 2.45) is 0 Å². The first-order chi connectivity index (χ1) is 13.8. The molecule has 0 saturated carbocycles. The van der Waals surface area contributed by atoms with Crippen LogP contribution in [0.15, 0.2) is 36.4 Å². The second-order valence-corrected chi connectivity index (χ2v) is 8.29. The lowest BCUT2D eigenvalue weighted by Crippen LogP contribution is -2.33. The number of carbonyl (C=O) groups is 1. The number of aryl methyl sites for hydroxylation is 2. The number of para-hydroxylation sites is 1. The molecule has 0 N–H and O–H groups in total. The summed E-state index contributed by atoms with van der Waals surface area (Å²) in [6, 6.07) is 10.2. The fourth-order valence-corrected chi connectivity index (χ4v) is 4.31. The van der Waals surface area contributed by atoms with Crippen molar-refractivity contribution in [2.45, 2.75) is 20.3 Å². The van der Waals surface area contributed by atoms with Crippen LogP contribution in [0.4, 0.5) is 10.8 Å². The highest BCUT2D eigenvalue weighted by molar-refractivity contribution is 7.22. The average molecular weight is 413 g/mol. The van der Waals surface area contributed by atoms with E-state index in [1.165, 1.54) is 23.5 Å². The van der Waals surface area contributed by atoms with Gasteiger partial charge in [-0.3, -0.25) is 19.8 Å². The Bertz CT molecular complexity index is 1060. The molecule has 0 unspecified atom stereocenters. The van der Waals surface area contributed by atoms with Crippen molar-refractivity contribution < 1.29 is 9.72 Å². The highest BCUT2D eigenvalue weighted by atomic mass is 32.1. The number of fused-ring (bicyclic) bond motifs is 1. The van der Waals surface area contributed by atoms with Gasteiger partial charge in [0.05, 0.1) is 15.1 Å². The molecule has 29 heavy (non-hydrogen) atoms. The summed E-state index contributed by atoms with van der Waals surface area (Å²) in [4.78, 5) is 32.6. The van der Waals surface area contributed by atoms with Crippen LogP contribution in [0.5, 0.6) is 0 Å². The molecular weight excluding hydrogens is 388 g/mol. The van der Waals surface area contributed by atoms with Gasteiger partial charge in [-0.15, -0.1) is 0 Å². The van der Waals surface area contributed by atoms with E-state index in [9.17, 15) is 14.9 Å². The predicted octanol–water partition coefficient (Wildman–Crippen LogP) is 4.42. The Morgan fingerprint density at radius 2 is 1.90 bits per heavy atom. The van der Waals surface area contributed by atoms with Crippen LogP contribution in [0.25, 0.3) is 10.2 Å². The van der Waals surface area contributed by atoms with Gasteiger partial charge < -0.3 is 4.90 Å². The fraction of sp³-hybridized carbons (Fsp3) is 0.333. The van der Waals surface area contributed by atoms with Gasteiger partial charge in [0.25, 0.3) is 11.6 Å². The molecule has 1 heterocycles. The van der Waals surface area contributed by atoms with E-state index in [1.807, 2.05) is 38.9 Å². The summed E-state index contributed by atoms with van der Waals surface area (Å²) >= 11 is 1.45. The summed E-state index contributed by atoms with van der Waals surface area (Å²) in [6.45, 7) is 5.26. The van der Waals surface area contributed by atoms with Gasteiger partial charge >= 0.3 is 0 Å². The molecular formula is C21H24N4O3S. The molecule has 0 atom stereocenters. The minimum atomic E-state index is -0.517. The Kier molecular flexibility index (Phi) is 6.24. The Hall–Kier alpha value is -2.84. The van der Waals surface area contributed by atoms with Gasteiger partial charge in [-0.2, -0.15) is 0 Å². The lowest BCUT2D eigenvalue weighted by atomic mass is 10.1. The molecule has 0 spiro atoms. The highest BCUT2D eigenvalue weighted by Crippen LogP contribution is 2.33. The molecule has 0 radical (unpaired) electrons. The third-order valence-electron chi connectivity index (χ3n) is 4.60. The molecule has 7 nitrogen and oxygen atoms in total. The van der Waals surface area contributed by atoms with Crippen LogP contribution < -0.4 is 4.90 Å².